The summed E-state index contributed by atoms with van der Waals surface area (Å²) in [6, 6.07) is 21.9. The van der Waals surface area contributed by atoms with Gasteiger partial charge in [-0.05, 0) is 29.8 Å². The van der Waals surface area contributed by atoms with Crippen LogP contribution in [0.3, 0.4) is 0 Å². The Balaban J connectivity index is 1.76. The Bertz CT molecular complexity index is 1040. The first-order valence-electron chi connectivity index (χ1n) is 8.44. The summed E-state index contributed by atoms with van der Waals surface area (Å²) in [5.74, 6) is 0.955. The number of rotatable bonds is 3. The van der Waals surface area contributed by atoms with Crippen molar-refractivity contribution in [2.24, 2.45) is 0 Å². The molecule has 1 unspecified atom stereocenters. The molecule has 1 atom stereocenters. The van der Waals surface area contributed by atoms with Gasteiger partial charge in [-0.1, -0.05) is 42.5 Å². The number of carbonyl (C=O) groups is 1. The SMILES string of the molecule is N#Cc1cccc(CN2C(=O)C(c3ccccc3)Oc3ccc(N)nc32)c1. The normalized spacial score (nSPS) is 15.6. The lowest BCUT2D eigenvalue weighted by atomic mass is 10.1. The number of ether oxygens (including phenoxy) is 1. The van der Waals surface area contributed by atoms with E-state index in [9.17, 15) is 4.79 Å². The molecule has 132 valence electrons. The van der Waals surface area contributed by atoms with Crippen molar-refractivity contribution in [2.75, 3.05) is 10.6 Å². The van der Waals surface area contributed by atoms with Gasteiger partial charge < -0.3 is 10.5 Å². The minimum atomic E-state index is -0.761. The topological polar surface area (TPSA) is 92.2 Å². The number of benzene rings is 2. The summed E-state index contributed by atoms with van der Waals surface area (Å²) < 4.78 is 5.94. The van der Waals surface area contributed by atoms with Crippen LogP contribution in [0.15, 0.2) is 66.7 Å². The van der Waals surface area contributed by atoms with Gasteiger partial charge in [-0.3, -0.25) is 9.69 Å². The second kappa shape index (κ2) is 6.81. The third-order valence-electron chi connectivity index (χ3n) is 4.35. The highest BCUT2D eigenvalue weighted by molar-refractivity contribution is 5.99. The van der Waals surface area contributed by atoms with Crippen molar-refractivity contribution in [3.8, 4) is 11.8 Å². The number of nitrogens with two attached hydrogens (primary N) is 1. The number of nitriles is 1. The number of hydrogen-bond acceptors (Lipinski definition) is 5. The third-order valence-corrected chi connectivity index (χ3v) is 4.35. The number of anilines is 2. The summed E-state index contributed by atoms with van der Waals surface area (Å²) >= 11 is 0. The minimum Gasteiger partial charge on any atom is -0.472 e. The fraction of sp³-hybridized carbons (Fsp3) is 0.0952. The zero-order valence-corrected chi connectivity index (χ0v) is 14.4. The molecule has 1 amide bonds. The van der Waals surface area contributed by atoms with Crippen molar-refractivity contribution in [1.82, 2.24) is 4.98 Å². The van der Waals surface area contributed by atoms with Crippen LogP contribution < -0.4 is 15.4 Å². The number of hydrogen-bond donors (Lipinski definition) is 1. The van der Waals surface area contributed by atoms with Crippen LogP contribution in [0.1, 0.15) is 22.8 Å². The third kappa shape index (κ3) is 3.18. The van der Waals surface area contributed by atoms with Gasteiger partial charge in [-0.15, -0.1) is 0 Å². The molecule has 0 aliphatic carbocycles. The largest absolute Gasteiger partial charge is 0.472 e. The van der Waals surface area contributed by atoms with E-state index in [0.29, 0.717) is 22.9 Å². The lowest BCUT2D eigenvalue weighted by Gasteiger charge is -2.33. The zero-order valence-electron chi connectivity index (χ0n) is 14.4. The molecule has 1 aliphatic rings. The van der Waals surface area contributed by atoms with Crippen LogP contribution in [0.2, 0.25) is 0 Å². The molecular formula is C21H16N4O2. The molecule has 0 fully saturated rings. The summed E-state index contributed by atoms with van der Waals surface area (Å²) in [5, 5.41) is 9.13. The quantitative estimate of drug-likeness (QED) is 0.778. The van der Waals surface area contributed by atoms with Gasteiger partial charge in [-0.2, -0.15) is 5.26 Å². The molecule has 4 rings (SSSR count). The smallest absolute Gasteiger partial charge is 0.274 e. The van der Waals surface area contributed by atoms with E-state index in [1.807, 2.05) is 36.4 Å². The van der Waals surface area contributed by atoms with E-state index in [-0.39, 0.29) is 12.5 Å². The fourth-order valence-corrected chi connectivity index (χ4v) is 3.07. The Morgan fingerprint density at radius 3 is 2.70 bits per heavy atom. The lowest BCUT2D eigenvalue weighted by molar-refractivity contribution is -0.126. The summed E-state index contributed by atoms with van der Waals surface area (Å²) in [6.07, 6.45) is -0.761. The maximum Gasteiger partial charge on any atom is 0.274 e. The first-order chi connectivity index (χ1) is 13.2. The van der Waals surface area contributed by atoms with E-state index in [1.54, 1.807) is 35.2 Å². The highest BCUT2D eigenvalue weighted by atomic mass is 16.5. The van der Waals surface area contributed by atoms with Crippen LogP contribution in [0, 0.1) is 11.3 Å². The number of nitrogen functional groups attached to an aromatic ring is 1. The van der Waals surface area contributed by atoms with Gasteiger partial charge in [0, 0.05) is 5.56 Å². The highest BCUT2D eigenvalue weighted by Gasteiger charge is 2.36. The van der Waals surface area contributed by atoms with E-state index in [0.717, 1.165) is 11.1 Å². The molecule has 6 heteroatoms. The molecular weight excluding hydrogens is 340 g/mol. The zero-order chi connectivity index (χ0) is 18.8. The average molecular weight is 356 g/mol. The molecule has 2 aromatic carbocycles. The molecule has 27 heavy (non-hydrogen) atoms. The molecule has 2 heterocycles. The van der Waals surface area contributed by atoms with Gasteiger partial charge in [0.1, 0.15) is 5.82 Å². The Labute approximate surface area is 156 Å². The minimum absolute atomic E-state index is 0.228. The fourth-order valence-electron chi connectivity index (χ4n) is 3.07. The van der Waals surface area contributed by atoms with E-state index >= 15 is 0 Å². The van der Waals surface area contributed by atoms with E-state index < -0.39 is 6.10 Å². The van der Waals surface area contributed by atoms with Crippen molar-refractivity contribution in [3.63, 3.8) is 0 Å². The van der Waals surface area contributed by atoms with Crippen molar-refractivity contribution >= 4 is 17.5 Å². The monoisotopic (exact) mass is 356 g/mol. The number of aromatic nitrogens is 1. The predicted octanol–water partition coefficient (Wildman–Crippen LogP) is 3.20. The van der Waals surface area contributed by atoms with Crippen LogP contribution >= 0.6 is 0 Å². The van der Waals surface area contributed by atoms with Crippen LogP contribution in [0.5, 0.6) is 5.75 Å². The van der Waals surface area contributed by atoms with Crippen molar-refractivity contribution in [1.29, 1.82) is 5.26 Å². The molecule has 1 aromatic heterocycles. The molecule has 2 N–H and O–H groups in total. The van der Waals surface area contributed by atoms with Crippen LogP contribution in [-0.4, -0.2) is 10.9 Å². The van der Waals surface area contributed by atoms with Crippen molar-refractivity contribution < 1.29 is 9.53 Å². The van der Waals surface area contributed by atoms with E-state index in [2.05, 4.69) is 11.1 Å². The molecule has 1 aliphatic heterocycles. The van der Waals surface area contributed by atoms with Gasteiger partial charge in [-0.25, -0.2) is 4.98 Å². The summed E-state index contributed by atoms with van der Waals surface area (Å²) in [6.45, 7) is 0.268. The van der Waals surface area contributed by atoms with Crippen LogP contribution in [0.25, 0.3) is 0 Å². The van der Waals surface area contributed by atoms with Crippen LogP contribution in [-0.2, 0) is 11.3 Å². The number of pyridine rings is 1. The van der Waals surface area contributed by atoms with E-state index in [1.165, 1.54) is 0 Å². The summed E-state index contributed by atoms with van der Waals surface area (Å²) in [4.78, 5) is 19.1. The average Bonchev–Trinajstić information content (AvgIpc) is 2.71. The molecule has 0 bridgehead atoms. The number of carbonyl (C=O) groups excluding carboxylic acids is 1. The van der Waals surface area contributed by atoms with Crippen molar-refractivity contribution in [2.45, 2.75) is 12.6 Å². The molecule has 0 radical (unpaired) electrons. The second-order valence-electron chi connectivity index (χ2n) is 6.20. The standard InChI is InChI=1S/C21H16N4O2/c22-12-14-5-4-6-15(11-14)13-25-20-17(9-10-18(23)24-20)27-19(21(25)26)16-7-2-1-3-8-16/h1-11,19H,13H2,(H2,23,24). The first kappa shape index (κ1) is 16.6. The van der Waals surface area contributed by atoms with E-state index in [4.69, 9.17) is 15.7 Å². The summed E-state index contributed by atoms with van der Waals surface area (Å²) in [7, 11) is 0. The molecule has 6 nitrogen and oxygen atoms in total. The molecule has 0 saturated carbocycles. The van der Waals surface area contributed by atoms with Crippen LogP contribution in [0.4, 0.5) is 11.6 Å². The lowest BCUT2D eigenvalue weighted by Crippen LogP contribution is -2.41. The van der Waals surface area contributed by atoms with Gasteiger partial charge in [0.2, 0.25) is 6.10 Å². The number of nitrogens with zero attached hydrogens (tertiary/aromatic N) is 3. The number of amides is 1. The predicted molar refractivity (Wildman–Crippen MR) is 101 cm³/mol. The molecule has 3 aromatic rings. The highest BCUT2D eigenvalue weighted by Crippen LogP contribution is 2.38. The Hall–Kier alpha value is -3.85. The van der Waals surface area contributed by atoms with Gasteiger partial charge in [0.15, 0.2) is 11.6 Å². The summed E-state index contributed by atoms with van der Waals surface area (Å²) in [5.41, 5.74) is 7.95. The number of fused-ring (bicyclic) bond motifs is 1. The maximum absolute atomic E-state index is 13.2. The van der Waals surface area contributed by atoms with Gasteiger partial charge in [0.25, 0.3) is 5.91 Å². The first-order valence-corrected chi connectivity index (χ1v) is 8.44. The second-order valence-corrected chi connectivity index (χ2v) is 6.20. The van der Waals surface area contributed by atoms with Gasteiger partial charge in [0.05, 0.1) is 18.2 Å². The maximum atomic E-state index is 13.2. The molecule has 0 saturated heterocycles. The van der Waals surface area contributed by atoms with Crippen molar-refractivity contribution in [3.05, 3.63) is 83.4 Å². The Kier molecular flexibility index (Phi) is 4.19. The molecule has 0 spiro atoms. The Morgan fingerprint density at radius 2 is 1.93 bits per heavy atom. The van der Waals surface area contributed by atoms with Gasteiger partial charge >= 0.3 is 0 Å². The Morgan fingerprint density at radius 1 is 1.11 bits per heavy atom.